The van der Waals surface area contributed by atoms with E-state index in [1.54, 1.807) is 0 Å². The Hall–Kier alpha value is -2.29. The largest absolute Gasteiger partial charge is 0.353 e. The maximum atomic E-state index is 4.83. The second kappa shape index (κ2) is 5.84. The van der Waals surface area contributed by atoms with Crippen molar-refractivity contribution in [1.29, 1.82) is 0 Å². The molecule has 3 aromatic rings. The predicted molar refractivity (Wildman–Crippen MR) is 95.7 cm³/mol. The van der Waals surface area contributed by atoms with Crippen LogP contribution in [0.4, 0.5) is 0 Å². The third-order valence-corrected chi connectivity index (χ3v) is 3.59. The van der Waals surface area contributed by atoms with Gasteiger partial charge in [0.1, 0.15) is 0 Å². The number of rotatable bonds is 2. The van der Waals surface area contributed by atoms with Crippen LogP contribution < -0.4 is 5.32 Å². The zero-order chi connectivity index (χ0) is 15.7. The van der Waals surface area contributed by atoms with Crippen LogP contribution in [0, 0.1) is 0 Å². The molecule has 1 N–H and O–H groups in total. The van der Waals surface area contributed by atoms with Crippen molar-refractivity contribution in [2.45, 2.75) is 39.8 Å². The van der Waals surface area contributed by atoms with E-state index in [4.69, 9.17) is 4.99 Å². The summed E-state index contributed by atoms with van der Waals surface area (Å²) in [6, 6.07) is 17.6. The number of benzene rings is 2. The van der Waals surface area contributed by atoms with Gasteiger partial charge < -0.3 is 5.32 Å². The summed E-state index contributed by atoms with van der Waals surface area (Å²) in [5.74, 6) is 0.919. The van der Waals surface area contributed by atoms with Crippen LogP contribution in [0.15, 0.2) is 53.5 Å². The molecule has 0 aliphatic carbocycles. The molecule has 1 aromatic heterocycles. The molecule has 0 amide bonds. The van der Waals surface area contributed by atoms with Crippen molar-refractivity contribution < 1.29 is 0 Å². The number of fused-ring (bicyclic) bond motifs is 3. The number of aromatic nitrogens is 1. The Kier molecular flexibility index (Phi) is 3.88. The molecule has 22 heavy (non-hydrogen) atoms. The van der Waals surface area contributed by atoms with Crippen LogP contribution in [0.25, 0.3) is 21.8 Å². The fourth-order valence-corrected chi connectivity index (χ4v) is 2.81. The Bertz CT molecular complexity index is 772. The molecule has 0 saturated heterocycles. The maximum Gasteiger partial charge on any atom is 0.203 e. The molecule has 3 heteroatoms. The minimum Gasteiger partial charge on any atom is -0.353 e. The maximum absolute atomic E-state index is 4.83. The van der Waals surface area contributed by atoms with Gasteiger partial charge in [0.05, 0.1) is 11.0 Å². The highest BCUT2D eigenvalue weighted by atomic mass is 15.2. The number of nitrogens with zero attached hydrogens (tertiary/aromatic N) is 2. The second-order valence-electron chi connectivity index (χ2n) is 6.22. The molecule has 0 saturated carbocycles. The normalized spacial score (nSPS) is 12.7. The molecular formula is C19H23N3. The van der Waals surface area contributed by atoms with Gasteiger partial charge in [-0.15, -0.1) is 0 Å². The number of aliphatic imine (C=N–C) groups is 1. The summed E-state index contributed by atoms with van der Waals surface area (Å²) in [5.41, 5.74) is 2.38. The van der Waals surface area contributed by atoms with Gasteiger partial charge in [0.25, 0.3) is 0 Å². The van der Waals surface area contributed by atoms with Crippen molar-refractivity contribution in [2.75, 3.05) is 0 Å². The highest BCUT2D eigenvalue weighted by Crippen LogP contribution is 2.28. The smallest absolute Gasteiger partial charge is 0.203 e. The molecule has 1 heterocycles. The second-order valence-corrected chi connectivity index (χ2v) is 6.22. The molecule has 3 nitrogen and oxygen atoms in total. The molecule has 0 aliphatic rings. The zero-order valence-electron chi connectivity index (χ0n) is 13.7. The molecule has 0 spiro atoms. The van der Waals surface area contributed by atoms with Crippen LogP contribution in [0.2, 0.25) is 0 Å². The Balaban J connectivity index is 2.35. The predicted octanol–water partition coefficient (Wildman–Crippen LogP) is 4.41. The standard InChI is InChI=1S/C19H23N3/c1-13(2)20-19(21-14(3)4)22-17-11-7-5-9-15(17)16-10-6-8-12-18(16)22/h5-14H,1-4H3,(H,20,21). The van der Waals surface area contributed by atoms with Gasteiger partial charge in [-0.1, -0.05) is 36.4 Å². The van der Waals surface area contributed by atoms with Crippen LogP contribution >= 0.6 is 0 Å². The monoisotopic (exact) mass is 293 g/mol. The van der Waals surface area contributed by atoms with Crippen molar-refractivity contribution in [2.24, 2.45) is 4.99 Å². The molecule has 0 radical (unpaired) electrons. The lowest BCUT2D eigenvalue weighted by molar-refractivity contribution is 0.703. The van der Waals surface area contributed by atoms with Crippen molar-refractivity contribution >= 4 is 27.8 Å². The lowest BCUT2D eigenvalue weighted by Gasteiger charge is -2.17. The van der Waals surface area contributed by atoms with E-state index >= 15 is 0 Å². The average Bonchev–Trinajstić information content (AvgIpc) is 2.80. The van der Waals surface area contributed by atoms with Gasteiger partial charge in [0, 0.05) is 22.9 Å². The van der Waals surface area contributed by atoms with E-state index < -0.39 is 0 Å². The third kappa shape index (κ3) is 2.59. The van der Waals surface area contributed by atoms with Crippen LogP contribution in [-0.2, 0) is 0 Å². The number of hydrogen-bond donors (Lipinski definition) is 1. The van der Waals surface area contributed by atoms with Crippen molar-refractivity contribution in [3.8, 4) is 0 Å². The highest BCUT2D eigenvalue weighted by molar-refractivity contribution is 6.13. The van der Waals surface area contributed by atoms with E-state index in [1.807, 2.05) is 0 Å². The first kappa shape index (κ1) is 14.6. The minimum absolute atomic E-state index is 0.237. The van der Waals surface area contributed by atoms with E-state index in [-0.39, 0.29) is 6.04 Å². The lowest BCUT2D eigenvalue weighted by atomic mass is 10.2. The summed E-state index contributed by atoms with van der Waals surface area (Å²) >= 11 is 0. The fraction of sp³-hybridized carbons (Fsp3) is 0.316. The highest BCUT2D eigenvalue weighted by Gasteiger charge is 2.14. The van der Waals surface area contributed by atoms with Crippen molar-refractivity contribution in [3.05, 3.63) is 48.5 Å². The van der Waals surface area contributed by atoms with Gasteiger partial charge in [-0.05, 0) is 39.8 Å². The van der Waals surface area contributed by atoms with Gasteiger partial charge >= 0.3 is 0 Å². The summed E-state index contributed by atoms with van der Waals surface area (Å²) in [6.07, 6.45) is 0. The zero-order valence-corrected chi connectivity index (χ0v) is 13.7. The SMILES string of the molecule is CC(C)/N=C(/NC(C)C)n1c2ccccc2c2ccccc21. The van der Waals surface area contributed by atoms with Crippen LogP contribution in [0.3, 0.4) is 0 Å². The summed E-state index contributed by atoms with van der Waals surface area (Å²) in [5, 5.41) is 6.04. The van der Waals surface area contributed by atoms with E-state index in [0.717, 1.165) is 5.96 Å². The van der Waals surface area contributed by atoms with E-state index in [9.17, 15) is 0 Å². The number of hydrogen-bond acceptors (Lipinski definition) is 1. The quantitative estimate of drug-likeness (QED) is 0.550. The molecule has 0 fully saturated rings. The Labute approximate surface area is 131 Å². The fourth-order valence-electron chi connectivity index (χ4n) is 2.81. The van der Waals surface area contributed by atoms with Gasteiger partial charge in [-0.2, -0.15) is 0 Å². The summed E-state index contributed by atoms with van der Waals surface area (Å²) < 4.78 is 2.24. The summed E-state index contributed by atoms with van der Waals surface area (Å²) in [7, 11) is 0. The molecular weight excluding hydrogens is 270 g/mol. The molecule has 2 aromatic carbocycles. The lowest BCUT2D eigenvalue weighted by Crippen LogP contribution is -2.36. The Morgan fingerprint density at radius 1 is 0.864 bits per heavy atom. The van der Waals surface area contributed by atoms with E-state index in [1.165, 1.54) is 21.8 Å². The van der Waals surface area contributed by atoms with Crippen molar-refractivity contribution in [3.63, 3.8) is 0 Å². The topological polar surface area (TPSA) is 29.3 Å². The summed E-state index contributed by atoms with van der Waals surface area (Å²) in [6.45, 7) is 8.50. The first-order valence-corrected chi connectivity index (χ1v) is 7.91. The first-order chi connectivity index (χ1) is 10.6. The average molecular weight is 293 g/mol. The van der Waals surface area contributed by atoms with Crippen LogP contribution in [0.5, 0.6) is 0 Å². The minimum atomic E-state index is 0.237. The Morgan fingerprint density at radius 2 is 1.36 bits per heavy atom. The number of para-hydroxylation sites is 2. The molecule has 0 aliphatic heterocycles. The molecule has 114 valence electrons. The van der Waals surface area contributed by atoms with Gasteiger partial charge in [0.15, 0.2) is 0 Å². The van der Waals surface area contributed by atoms with Crippen molar-refractivity contribution in [1.82, 2.24) is 9.88 Å². The van der Waals surface area contributed by atoms with Gasteiger partial charge in [-0.3, -0.25) is 4.57 Å². The van der Waals surface area contributed by atoms with Gasteiger partial charge in [0.2, 0.25) is 5.96 Å². The van der Waals surface area contributed by atoms with Crippen LogP contribution in [0.1, 0.15) is 27.7 Å². The summed E-state index contributed by atoms with van der Waals surface area (Å²) in [4.78, 5) is 4.83. The van der Waals surface area contributed by atoms with Gasteiger partial charge in [-0.25, -0.2) is 4.99 Å². The molecule has 0 bridgehead atoms. The van der Waals surface area contributed by atoms with Crippen LogP contribution in [-0.4, -0.2) is 22.6 Å². The van der Waals surface area contributed by atoms with E-state index in [0.29, 0.717) is 6.04 Å². The first-order valence-electron chi connectivity index (χ1n) is 7.91. The number of nitrogens with one attached hydrogen (secondary N) is 1. The molecule has 0 unspecified atom stereocenters. The van der Waals surface area contributed by atoms with E-state index in [2.05, 4.69) is 86.1 Å². The molecule has 0 atom stereocenters. The Morgan fingerprint density at radius 3 is 1.82 bits per heavy atom. The molecule has 3 rings (SSSR count). The third-order valence-electron chi connectivity index (χ3n) is 3.59.